The first-order valence-electron chi connectivity index (χ1n) is 7.01. The first-order chi connectivity index (χ1) is 9.43. The lowest BCUT2D eigenvalue weighted by molar-refractivity contribution is -0.160. The third-order valence-corrected chi connectivity index (χ3v) is 3.13. The van der Waals surface area contributed by atoms with Crippen molar-refractivity contribution >= 4 is 5.97 Å². The monoisotopic (exact) mass is 280 g/mol. The summed E-state index contributed by atoms with van der Waals surface area (Å²) in [7, 11) is 0. The molecule has 1 aromatic rings. The van der Waals surface area contributed by atoms with Gasteiger partial charge in [-0.15, -0.1) is 0 Å². The number of benzene rings is 1. The third kappa shape index (κ3) is 3.97. The van der Waals surface area contributed by atoms with E-state index in [1.807, 2.05) is 19.1 Å². The molecule has 0 spiro atoms. The Morgan fingerprint density at radius 3 is 2.65 bits per heavy atom. The molecule has 0 heterocycles. The van der Waals surface area contributed by atoms with Gasteiger partial charge in [-0.2, -0.15) is 0 Å². The lowest BCUT2D eigenvalue weighted by Gasteiger charge is -2.28. The molecule has 4 nitrogen and oxygen atoms in total. The van der Waals surface area contributed by atoms with Crippen molar-refractivity contribution in [3.05, 3.63) is 29.8 Å². The lowest BCUT2D eigenvalue weighted by Crippen LogP contribution is -2.33. The van der Waals surface area contributed by atoms with E-state index in [4.69, 9.17) is 9.47 Å². The van der Waals surface area contributed by atoms with Crippen LogP contribution in [-0.2, 0) is 9.53 Å². The van der Waals surface area contributed by atoms with Gasteiger partial charge in [0.05, 0.1) is 24.7 Å². The second kappa shape index (κ2) is 7.29. The van der Waals surface area contributed by atoms with Gasteiger partial charge in [-0.3, -0.25) is 4.79 Å². The summed E-state index contributed by atoms with van der Waals surface area (Å²) in [5.41, 5.74) is -0.351. The second-order valence-corrected chi connectivity index (χ2v) is 5.27. The Morgan fingerprint density at radius 1 is 1.35 bits per heavy atom. The molecule has 0 aromatic heterocycles. The van der Waals surface area contributed by atoms with Gasteiger partial charge in [-0.05, 0) is 44.9 Å². The SMILES string of the molecule is CCCOc1cccc(C(O)C(C)(C)C(=O)OCC)c1. The van der Waals surface area contributed by atoms with Crippen LogP contribution in [0.4, 0.5) is 0 Å². The van der Waals surface area contributed by atoms with Crippen LogP contribution in [0, 0.1) is 5.41 Å². The van der Waals surface area contributed by atoms with E-state index in [9.17, 15) is 9.90 Å². The summed E-state index contributed by atoms with van der Waals surface area (Å²) in [6.45, 7) is 8.06. The fourth-order valence-electron chi connectivity index (χ4n) is 1.84. The number of aliphatic hydroxyl groups excluding tert-OH is 1. The highest BCUT2D eigenvalue weighted by atomic mass is 16.5. The molecule has 20 heavy (non-hydrogen) atoms. The molecule has 0 aliphatic rings. The summed E-state index contributed by atoms with van der Waals surface area (Å²) in [6, 6.07) is 7.19. The Morgan fingerprint density at radius 2 is 2.05 bits per heavy atom. The van der Waals surface area contributed by atoms with Crippen molar-refractivity contribution in [3.63, 3.8) is 0 Å². The summed E-state index contributed by atoms with van der Waals surface area (Å²) >= 11 is 0. The molecule has 1 unspecified atom stereocenters. The van der Waals surface area contributed by atoms with Crippen LogP contribution in [0.3, 0.4) is 0 Å². The van der Waals surface area contributed by atoms with E-state index in [0.717, 1.165) is 6.42 Å². The Kier molecular flexibility index (Phi) is 6.02. The average molecular weight is 280 g/mol. The molecular weight excluding hydrogens is 256 g/mol. The Balaban J connectivity index is 2.90. The van der Waals surface area contributed by atoms with Gasteiger partial charge in [-0.1, -0.05) is 19.1 Å². The maximum Gasteiger partial charge on any atom is 0.314 e. The van der Waals surface area contributed by atoms with Crippen molar-refractivity contribution in [1.29, 1.82) is 0 Å². The van der Waals surface area contributed by atoms with Crippen molar-refractivity contribution in [3.8, 4) is 5.75 Å². The molecule has 0 fully saturated rings. The Hall–Kier alpha value is -1.55. The molecule has 0 saturated heterocycles. The zero-order valence-electron chi connectivity index (χ0n) is 12.7. The molecule has 0 aliphatic carbocycles. The van der Waals surface area contributed by atoms with Crippen LogP contribution in [0.1, 0.15) is 45.8 Å². The third-order valence-electron chi connectivity index (χ3n) is 3.13. The standard InChI is InChI=1S/C16H24O4/c1-5-10-20-13-9-7-8-12(11-13)14(17)16(3,4)15(18)19-6-2/h7-9,11,14,17H,5-6,10H2,1-4H3. The fourth-order valence-corrected chi connectivity index (χ4v) is 1.84. The van der Waals surface area contributed by atoms with Crippen LogP contribution in [0.2, 0.25) is 0 Å². The summed E-state index contributed by atoms with van der Waals surface area (Å²) in [5, 5.41) is 10.4. The van der Waals surface area contributed by atoms with Crippen LogP contribution in [0.5, 0.6) is 5.75 Å². The summed E-state index contributed by atoms with van der Waals surface area (Å²) < 4.78 is 10.6. The molecule has 0 saturated carbocycles. The fraction of sp³-hybridized carbons (Fsp3) is 0.562. The van der Waals surface area contributed by atoms with Crippen LogP contribution in [0.15, 0.2) is 24.3 Å². The highest BCUT2D eigenvalue weighted by Crippen LogP contribution is 2.35. The normalized spacial score (nSPS) is 12.8. The molecule has 4 heteroatoms. The number of ether oxygens (including phenoxy) is 2. The minimum atomic E-state index is -1.00. The highest BCUT2D eigenvalue weighted by Gasteiger charge is 2.38. The summed E-state index contributed by atoms with van der Waals surface area (Å²) in [5.74, 6) is 0.287. The van der Waals surface area contributed by atoms with E-state index in [1.54, 1.807) is 32.9 Å². The number of carbonyl (C=O) groups is 1. The van der Waals surface area contributed by atoms with Gasteiger partial charge in [0.1, 0.15) is 5.75 Å². The van der Waals surface area contributed by atoms with Crippen LogP contribution >= 0.6 is 0 Å². The molecular formula is C16H24O4. The van der Waals surface area contributed by atoms with E-state index in [0.29, 0.717) is 24.5 Å². The highest BCUT2D eigenvalue weighted by molar-refractivity contribution is 5.77. The number of rotatable bonds is 7. The van der Waals surface area contributed by atoms with Gasteiger partial charge >= 0.3 is 5.97 Å². The Bertz CT molecular complexity index is 440. The zero-order chi connectivity index (χ0) is 15.2. The topological polar surface area (TPSA) is 55.8 Å². The van der Waals surface area contributed by atoms with Crippen molar-refractivity contribution in [2.75, 3.05) is 13.2 Å². The average Bonchev–Trinajstić information content (AvgIpc) is 2.44. The molecule has 112 valence electrons. The lowest BCUT2D eigenvalue weighted by atomic mass is 9.82. The maximum absolute atomic E-state index is 11.9. The zero-order valence-corrected chi connectivity index (χ0v) is 12.7. The van der Waals surface area contributed by atoms with E-state index >= 15 is 0 Å². The largest absolute Gasteiger partial charge is 0.494 e. The van der Waals surface area contributed by atoms with Crippen molar-refractivity contribution < 1.29 is 19.4 Å². The molecule has 1 rings (SSSR count). The van der Waals surface area contributed by atoms with Gasteiger partial charge in [0.25, 0.3) is 0 Å². The van der Waals surface area contributed by atoms with E-state index < -0.39 is 17.5 Å². The van der Waals surface area contributed by atoms with Crippen molar-refractivity contribution in [1.82, 2.24) is 0 Å². The van der Waals surface area contributed by atoms with E-state index in [-0.39, 0.29) is 0 Å². The summed E-state index contributed by atoms with van der Waals surface area (Å²) in [4.78, 5) is 11.9. The van der Waals surface area contributed by atoms with Crippen LogP contribution in [-0.4, -0.2) is 24.3 Å². The molecule has 0 bridgehead atoms. The molecule has 0 amide bonds. The predicted molar refractivity (Wildman–Crippen MR) is 77.6 cm³/mol. The second-order valence-electron chi connectivity index (χ2n) is 5.27. The number of aliphatic hydroxyl groups is 1. The number of esters is 1. The molecule has 1 aromatic carbocycles. The smallest absolute Gasteiger partial charge is 0.314 e. The number of hydrogen-bond donors (Lipinski definition) is 1. The van der Waals surface area contributed by atoms with Crippen molar-refractivity contribution in [2.45, 2.75) is 40.2 Å². The first kappa shape index (κ1) is 16.5. The van der Waals surface area contributed by atoms with Gasteiger partial charge in [0.15, 0.2) is 0 Å². The Labute approximate surface area is 120 Å². The number of carbonyl (C=O) groups excluding carboxylic acids is 1. The van der Waals surface area contributed by atoms with E-state index in [2.05, 4.69) is 0 Å². The van der Waals surface area contributed by atoms with Gasteiger partial charge < -0.3 is 14.6 Å². The molecule has 0 radical (unpaired) electrons. The van der Waals surface area contributed by atoms with Crippen molar-refractivity contribution in [2.24, 2.45) is 5.41 Å². The number of hydrogen-bond acceptors (Lipinski definition) is 4. The summed E-state index contributed by atoms with van der Waals surface area (Å²) in [6.07, 6.45) is -0.0205. The van der Waals surface area contributed by atoms with Gasteiger partial charge in [0.2, 0.25) is 0 Å². The first-order valence-corrected chi connectivity index (χ1v) is 7.01. The van der Waals surface area contributed by atoms with Crippen LogP contribution < -0.4 is 4.74 Å². The minimum absolute atomic E-state index is 0.300. The predicted octanol–water partition coefficient (Wildman–Crippen LogP) is 3.10. The van der Waals surface area contributed by atoms with E-state index in [1.165, 1.54) is 0 Å². The molecule has 0 aliphatic heterocycles. The molecule has 1 atom stereocenters. The van der Waals surface area contributed by atoms with Gasteiger partial charge in [0, 0.05) is 0 Å². The molecule has 1 N–H and O–H groups in total. The van der Waals surface area contributed by atoms with Crippen LogP contribution in [0.25, 0.3) is 0 Å². The van der Waals surface area contributed by atoms with Gasteiger partial charge in [-0.25, -0.2) is 0 Å². The minimum Gasteiger partial charge on any atom is -0.494 e. The quantitative estimate of drug-likeness (QED) is 0.780. The maximum atomic E-state index is 11.9.